The highest BCUT2D eigenvalue weighted by Gasteiger charge is 2.45. The van der Waals surface area contributed by atoms with E-state index >= 15 is 0 Å². The Labute approximate surface area is 118 Å². The van der Waals surface area contributed by atoms with E-state index in [-0.39, 0.29) is 18.1 Å². The summed E-state index contributed by atoms with van der Waals surface area (Å²) in [6, 6.07) is 20.0. The summed E-state index contributed by atoms with van der Waals surface area (Å²) < 4.78 is 5.46. The van der Waals surface area contributed by atoms with Crippen molar-refractivity contribution in [1.82, 2.24) is 5.32 Å². The van der Waals surface area contributed by atoms with Gasteiger partial charge >= 0.3 is 0 Å². The molecule has 2 aromatic carbocycles. The monoisotopic (exact) mass is 267 g/mol. The molecular formula is C17H17NO2. The zero-order chi connectivity index (χ0) is 13.8. The summed E-state index contributed by atoms with van der Waals surface area (Å²) in [7, 11) is 0. The van der Waals surface area contributed by atoms with Gasteiger partial charge in [0.15, 0.2) is 6.10 Å². The minimum Gasteiger partial charge on any atom is -0.354 e. The zero-order valence-electron chi connectivity index (χ0n) is 11.2. The van der Waals surface area contributed by atoms with Gasteiger partial charge in [-0.3, -0.25) is 4.79 Å². The normalized spacial score (nSPS) is 20.4. The van der Waals surface area contributed by atoms with Gasteiger partial charge in [-0.1, -0.05) is 60.7 Å². The van der Waals surface area contributed by atoms with E-state index < -0.39 is 0 Å². The average molecular weight is 267 g/mol. The maximum atomic E-state index is 11.9. The summed E-state index contributed by atoms with van der Waals surface area (Å²) in [5.41, 5.74) is 2.29. The predicted octanol–water partition coefficient (Wildman–Crippen LogP) is 2.49. The molecule has 0 unspecified atom stereocenters. The summed E-state index contributed by atoms with van der Waals surface area (Å²) in [5.74, 6) is -0.0187. The molecule has 20 heavy (non-hydrogen) atoms. The number of carbonyl (C=O) groups excluding carboxylic acids is 1. The first-order valence-corrected chi connectivity index (χ1v) is 6.86. The quantitative estimate of drug-likeness (QED) is 0.846. The van der Waals surface area contributed by atoms with E-state index in [9.17, 15) is 4.79 Å². The Kier molecular flexibility index (Phi) is 3.79. The SMILES string of the molecule is O=C(NCCc1ccccc1)[C@H]1O[C@@H]1c1ccccc1. The second-order valence-electron chi connectivity index (χ2n) is 4.91. The first-order chi connectivity index (χ1) is 9.84. The van der Waals surface area contributed by atoms with Crippen molar-refractivity contribution in [2.45, 2.75) is 18.6 Å². The molecule has 102 valence electrons. The number of amides is 1. The summed E-state index contributed by atoms with van der Waals surface area (Å²) >= 11 is 0. The van der Waals surface area contributed by atoms with Crippen LogP contribution in [0.5, 0.6) is 0 Å². The first-order valence-electron chi connectivity index (χ1n) is 6.86. The molecule has 2 aromatic rings. The lowest BCUT2D eigenvalue weighted by Crippen LogP contribution is -2.30. The average Bonchev–Trinajstić information content (AvgIpc) is 3.30. The minimum absolute atomic E-state index is 0.0187. The molecule has 0 saturated carbocycles. The van der Waals surface area contributed by atoms with E-state index in [0.29, 0.717) is 6.54 Å². The van der Waals surface area contributed by atoms with Gasteiger partial charge in [0.05, 0.1) is 0 Å². The van der Waals surface area contributed by atoms with Crippen molar-refractivity contribution in [3.05, 3.63) is 71.8 Å². The Morgan fingerprint density at radius 3 is 2.35 bits per heavy atom. The standard InChI is InChI=1S/C17H17NO2/c19-17(18-12-11-13-7-3-1-4-8-13)16-15(20-16)14-9-5-2-6-10-14/h1-10,15-16H,11-12H2,(H,18,19)/t15-,16+/m1/s1. The predicted molar refractivity (Wildman–Crippen MR) is 77.2 cm³/mol. The van der Waals surface area contributed by atoms with Crippen LogP contribution in [-0.2, 0) is 16.0 Å². The van der Waals surface area contributed by atoms with Gasteiger partial charge < -0.3 is 10.1 Å². The molecule has 1 heterocycles. The van der Waals surface area contributed by atoms with Gasteiger partial charge in [-0.25, -0.2) is 0 Å². The molecule has 1 saturated heterocycles. The van der Waals surface area contributed by atoms with Crippen LogP contribution < -0.4 is 5.32 Å². The molecular weight excluding hydrogens is 250 g/mol. The van der Waals surface area contributed by atoms with Gasteiger partial charge in [0.2, 0.25) is 0 Å². The third-order valence-electron chi connectivity index (χ3n) is 3.43. The van der Waals surface area contributed by atoms with Gasteiger partial charge in [-0.05, 0) is 17.5 Å². The van der Waals surface area contributed by atoms with Gasteiger partial charge in [-0.2, -0.15) is 0 Å². The Morgan fingerprint density at radius 1 is 1.00 bits per heavy atom. The van der Waals surface area contributed by atoms with Crippen LogP contribution in [0.3, 0.4) is 0 Å². The van der Waals surface area contributed by atoms with Crippen LogP contribution in [0.4, 0.5) is 0 Å². The van der Waals surface area contributed by atoms with E-state index in [1.807, 2.05) is 48.5 Å². The van der Waals surface area contributed by atoms with Gasteiger partial charge in [-0.15, -0.1) is 0 Å². The number of rotatable bonds is 5. The molecule has 1 N–H and O–H groups in total. The van der Waals surface area contributed by atoms with E-state index in [4.69, 9.17) is 4.74 Å². The molecule has 3 nitrogen and oxygen atoms in total. The molecule has 0 radical (unpaired) electrons. The van der Waals surface area contributed by atoms with E-state index in [0.717, 1.165) is 12.0 Å². The summed E-state index contributed by atoms with van der Waals surface area (Å²) in [6.07, 6.45) is 0.441. The second kappa shape index (κ2) is 5.88. The lowest BCUT2D eigenvalue weighted by Gasteiger charge is -2.03. The molecule has 2 atom stereocenters. The number of ether oxygens (including phenoxy) is 1. The lowest BCUT2D eigenvalue weighted by atomic mass is 10.1. The molecule has 1 aliphatic heterocycles. The fraction of sp³-hybridized carbons (Fsp3) is 0.235. The minimum atomic E-state index is -0.326. The van der Waals surface area contributed by atoms with Crippen molar-refractivity contribution < 1.29 is 9.53 Å². The van der Waals surface area contributed by atoms with Crippen LogP contribution in [0.15, 0.2) is 60.7 Å². The smallest absolute Gasteiger partial charge is 0.252 e. The number of carbonyl (C=O) groups is 1. The van der Waals surface area contributed by atoms with Crippen LogP contribution in [0.2, 0.25) is 0 Å². The van der Waals surface area contributed by atoms with Crippen molar-refractivity contribution in [3.63, 3.8) is 0 Å². The van der Waals surface area contributed by atoms with Crippen molar-refractivity contribution in [1.29, 1.82) is 0 Å². The van der Waals surface area contributed by atoms with Crippen molar-refractivity contribution in [3.8, 4) is 0 Å². The van der Waals surface area contributed by atoms with Crippen molar-refractivity contribution in [2.24, 2.45) is 0 Å². The summed E-state index contributed by atoms with van der Waals surface area (Å²) in [6.45, 7) is 0.643. The van der Waals surface area contributed by atoms with Crippen molar-refractivity contribution >= 4 is 5.91 Å². The van der Waals surface area contributed by atoms with Gasteiger partial charge in [0.1, 0.15) is 6.10 Å². The summed E-state index contributed by atoms with van der Waals surface area (Å²) in [4.78, 5) is 11.9. The van der Waals surface area contributed by atoms with Crippen LogP contribution in [-0.4, -0.2) is 18.6 Å². The number of benzene rings is 2. The molecule has 0 spiro atoms. The number of hydrogen-bond donors (Lipinski definition) is 1. The molecule has 3 rings (SSSR count). The second-order valence-corrected chi connectivity index (χ2v) is 4.91. The maximum Gasteiger partial charge on any atom is 0.252 e. The Morgan fingerprint density at radius 2 is 1.65 bits per heavy atom. The third kappa shape index (κ3) is 3.06. The first kappa shape index (κ1) is 12.9. The van der Waals surface area contributed by atoms with Crippen molar-refractivity contribution in [2.75, 3.05) is 6.54 Å². The third-order valence-corrected chi connectivity index (χ3v) is 3.43. The largest absolute Gasteiger partial charge is 0.354 e. The van der Waals surface area contributed by atoms with Gasteiger partial charge in [0.25, 0.3) is 5.91 Å². The molecule has 1 aliphatic rings. The van der Waals surface area contributed by atoms with Crippen LogP contribution in [0, 0.1) is 0 Å². The molecule has 1 fully saturated rings. The number of hydrogen-bond acceptors (Lipinski definition) is 2. The van der Waals surface area contributed by atoms with E-state index in [1.165, 1.54) is 5.56 Å². The van der Waals surface area contributed by atoms with E-state index in [2.05, 4.69) is 17.4 Å². The van der Waals surface area contributed by atoms with Gasteiger partial charge in [0, 0.05) is 6.54 Å². The molecule has 0 aliphatic carbocycles. The summed E-state index contributed by atoms with van der Waals surface area (Å²) in [5, 5.41) is 2.93. The maximum absolute atomic E-state index is 11.9. The molecule has 3 heteroatoms. The van der Waals surface area contributed by atoms with E-state index in [1.54, 1.807) is 0 Å². The van der Waals surface area contributed by atoms with Crippen LogP contribution >= 0.6 is 0 Å². The zero-order valence-corrected chi connectivity index (χ0v) is 11.2. The highest BCUT2D eigenvalue weighted by Crippen LogP contribution is 2.38. The molecule has 0 aromatic heterocycles. The Hall–Kier alpha value is -2.13. The molecule has 0 bridgehead atoms. The highest BCUT2D eigenvalue weighted by atomic mass is 16.6. The number of nitrogens with one attached hydrogen (secondary N) is 1. The Balaban J connectivity index is 1.45. The highest BCUT2D eigenvalue weighted by molar-refractivity contribution is 5.84. The lowest BCUT2D eigenvalue weighted by molar-refractivity contribution is -0.122. The topological polar surface area (TPSA) is 41.6 Å². The fourth-order valence-electron chi connectivity index (χ4n) is 2.28. The number of epoxide rings is 1. The fourth-order valence-corrected chi connectivity index (χ4v) is 2.28. The van der Waals surface area contributed by atoms with Crippen LogP contribution in [0.25, 0.3) is 0 Å². The molecule has 1 amide bonds. The Bertz CT molecular complexity index is 568. The van der Waals surface area contributed by atoms with Crippen LogP contribution in [0.1, 0.15) is 17.2 Å².